The van der Waals surface area contributed by atoms with Crippen molar-refractivity contribution in [2.45, 2.75) is 19.4 Å². The maximum atomic E-state index is 12.5. The molecule has 3 rings (SSSR count). The zero-order chi connectivity index (χ0) is 23.6. The third-order valence-corrected chi connectivity index (χ3v) is 6.89. The van der Waals surface area contributed by atoms with Crippen LogP contribution >= 0.6 is 61.1 Å². The highest BCUT2D eigenvalue weighted by Gasteiger charge is 2.12. The number of hydrogen-bond acceptors (Lipinski definition) is 3. The SMILES string of the molecule is N#C/C(=C/c1cc(I)c(OCc2ccc(Br)cc2)c(I)c1)C(=O)NCCCc1ccccc1. The van der Waals surface area contributed by atoms with Gasteiger partial charge in [0.25, 0.3) is 5.91 Å². The van der Waals surface area contributed by atoms with E-state index in [0.717, 1.165) is 41.3 Å². The van der Waals surface area contributed by atoms with Gasteiger partial charge in [-0.2, -0.15) is 5.26 Å². The topological polar surface area (TPSA) is 62.1 Å². The van der Waals surface area contributed by atoms with Crippen LogP contribution in [0.5, 0.6) is 5.75 Å². The lowest BCUT2D eigenvalue weighted by atomic mass is 10.1. The molecule has 0 aliphatic rings. The standard InChI is InChI=1S/C26H21BrI2N2O2/c27-22-10-8-19(9-11-22)17-33-25-23(28)14-20(15-24(25)29)13-21(16-30)26(32)31-12-4-7-18-5-2-1-3-6-18/h1-3,5-6,8-11,13-15H,4,7,12,17H2,(H,31,32)/b21-13-. The van der Waals surface area contributed by atoms with Crippen molar-refractivity contribution in [3.05, 3.63) is 101 Å². The molecular formula is C26H21BrI2N2O2. The quantitative estimate of drug-likeness (QED) is 0.113. The lowest BCUT2D eigenvalue weighted by Crippen LogP contribution is -2.25. The molecule has 0 heterocycles. The zero-order valence-electron chi connectivity index (χ0n) is 17.7. The molecule has 33 heavy (non-hydrogen) atoms. The van der Waals surface area contributed by atoms with Crippen LogP contribution in [0.4, 0.5) is 0 Å². The van der Waals surface area contributed by atoms with E-state index in [0.29, 0.717) is 13.2 Å². The minimum atomic E-state index is -0.355. The number of hydrogen-bond donors (Lipinski definition) is 1. The fraction of sp³-hybridized carbons (Fsp3) is 0.154. The molecule has 0 atom stereocenters. The van der Waals surface area contributed by atoms with Crippen LogP contribution in [-0.2, 0) is 17.8 Å². The highest BCUT2D eigenvalue weighted by molar-refractivity contribution is 14.1. The summed E-state index contributed by atoms with van der Waals surface area (Å²) in [6, 6.07) is 24.0. The Labute approximate surface area is 229 Å². The molecule has 0 bridgehead atoms. The fourth-order valence-electron chi connectivity index (χ4n) is 3.09. The number of carbonyl (C=O) groups excluding carboxylic acids is 1. The molecule has 1 amide bonds. The van der Waals surface area contributed by atoms with Gasteiger partial charge < -0.3 is 10.1 Å². The van der Waals surface area contributed by atoms with E-state index in [1.54, 1.807) is 6.08 Å². The molecule has 0 fully saturated rings. The predicted molar refractivity (Wildman–Crippen MR) is 152 cm³/mol. The first kappa shape index (κ1) is 25.7. The molecule has 0 radical (unpaired) electrons. The van der Waals surface area contributed by atoms with Crippen LogP contribution in [0, 0.1) is 18.5 Å². The highest BCUT2D eigenvalue weighted by atomic mass is 127. The Morgan fingerprint density at radius 3 is 2.33 bits per heavy atom. The second kappa shape index (κ2) is 13.1. The van der Waals surface area contributed by atoms with Gasteiger partial charge in [0, 0.05) is 11.0 Å². The van der Waals surface area contributed by atoms with E-state index in [1.165, 1.54) is 5.56 Å². The molecule has 0 aliphatic heterocycles. The molecule has 1 N–H and O–H groups in total. The van der Waals surface area contributed by atoms with Crippen LogP contribution in [0.2, 0.25) is 0 Å². The van der Waals surface area contributed by atoms with E-state index >= 15 is 0 Å². The van der Waals surface area contributed by atoms with Gasteiger partial charge in [0.05, 0.1) is 7.14 Å². The number of nitriles is 1. The Morgan fingerprint density at radius 2 is 1.70 bits per heavy atom. The predicted octanol–water partition coefficient (Wildman–Crippen LogP) is 6.89. The molecule has 0 saturated heterocycles. The van der Waals surface area contributed by atoms with Crippen LogP contribution in [0.1, 0.15) is 23.1 Å². The zero-order valence-corrected chi connectivity index (χ0v) is 23.6. The first-order valence-electron chi connectivity index (χ1n) is 10.3. The Kier molecular flexibility index (Phi) is 10.2. The molecule has 0 aliphatic carbocycles. The maximum Gasteiger partial charge on any atom is 0.261 e. The van der Waals surface area contributed by atoms with E-state index < -0.39 is 0 Å². The number of carbonyl (C=O) groups is 1. The Morgan fingerprint density at radius 1 is 1.03 bits per heavy atom. The lowest BCUT2D eigenvalue weighted by molar-refractivity contribution is -0.117. The maximum absolute atomic E-state index is 12.5. The number of amides is 1. The lowest BCUT2D eigenvalue weighted by Gasteiger charge is -2.12. The average molecular weight is 727 g/mol. The number of halogens is 3. The summed E-state index contributed by atoms with van der Waals surface area (Å²) in [6.45, 7) is 0.980. The van der Waals surface area contributed by atoms with E-state index in [2.05, 4.69) is 78.6 Å². The van der Waals surface area contributed by atoms with Crippen molar-refractivity contribution in [1.29, 1.82) is 5.26 Å². The first-order valence-corrected chi connectivity index (χ1v) is 13.2. The van der Waals surface area contributed by atoms with Crippen LogP contribution in [-0.4, -0.2) is 12.5 Å². The van der Waals surface area contributed by atoms with Crippen LogP contribution in [0.25, 0.3) is 6.08 Å². The monoisotopic (exact) mass is 726 g/mol. The molecular weight excluding hydrogens is 706 g/mol. The third kappa shape index (κ3) is 8.12. The number of benzene rings is 3. The fourth-order valence-corrected chi connectivity index (χ4v) is 5.48. The minimum Gasteiger partial charge on any atom is -0.487 e. The smallest absolute Gasteiger partial charge is 0.261 e. The van der Waals surface area contributed by atoms with Crippen molar-refractivity contribution in [3.8, 4) is 11.8 Å². The van der Waals surface area contributed by atoms with Gasteiger partial charge in [-0.1, -0.05) is 58.4 Å². The molecule has 0 saturated carbocycles. The van der Waals surface area contributed by atoms with Gasteiger partial charge in [-0.05, 0) is 105 Å². The Balaban J connectivity index is 1.60. The van der Waals surface area contributed by atoms with Crippen LogP contribution < -0.4 is 10.1 Å². The van der Waals surface area contributed by atoms with E-state index in [4.69, 9.17) is 4.74 Å². The normalized spacial score (nSPS) is 11.0. The summed E-state index contributed by atoms with van der Waals surface area (Å²) in [6.07, 6.45) is 3.31. The Hall–Kier alpha value is -1.90. The number of rotatable bonds is 9. The Bertz CT molecular complexity index is 1150. The van der Waals surface area contributed by atoms with Crippen molar-refractivity contribution < 1.29 is 9.53 Å². The van der Waals surface area contributed by atoms with E-state index in [-0.39, 0.29) is 11.5 Å². The van der Waals surface area contributed by atoms with Crippen molar-refractivity contribution in [1.82, 2.24) is 5.32 Å². The van der Waals surface area contributed by atoms with Crippen LogP contribution in [0.3, 0.4) is 0 Å². The summed E-state index contributed by atoms with van der Waals surface area (Å²) < 4.78 is 8.90. The second-order valence-electron chi connectivity index (χ2n) is 7.24. The van der Waals surface area contributed by atoms with Crippen molar-refractivity contribution in [3.63, 3.8) is 0 Å². The number of aryl methyl sites for hydroxylation is 1. The van der Waals surface area contributed by atoms with Gasteiger partial charge in [-0.3, -0.25) is 4.79 Å². The van der Waals surface area contributed by atoms with Gasteiger partial charge in [-0.25, -0.2) is 0 Å². The summed E-state index contributed by atoms with van der Waals surface area (Å²) >= 11 is 7.87. The summed E-state index contributed by atoms with van der Waals surface area (Å²) in [5.41, 5.74) is 3.18. The van der Waals surface area contributed by atoms with Crippen molar-refractivity contribution in [2.24, 2.45) is 0 Å². The van der Waals surface area contributed by atoms with Crippen LogP contribution in [0.15, 0.2) is 76.8 Å². The van der Waals surface area contributed by atoms with Gasteiger partial charge in [0.2, 0.25) is 0 Å². The van der Waals surface area contributed by atoms with Gasteiger partial charge in [0.15, 0.2) is 0 Å². The molecule has 0 spiro atoms. The van der Waals surface area contributed by atoms with Gasteiger partial charge in [0.1, 0.15) is 24.0 Å². The summed E-state index contributed by atoms with van der Waals surface area (Å²) in [5, 5.41) is 12.4. The minimum absolute atomic E-state index is 0.0878. The number of nitrogens with zero attached hydrogens (tertiary/aromatic N) is 1. The third-order valence-electron chi connectivity index (χ3n) is 4.76. The molecule has 7 heteroatoms. The van der Waals surface area contributed by atoms with E-state index in [9.17, 15) is 10.1 Å². The van der Waals surface area contributed by atoms with Gasteiger partial charge >= 0.3 is 0 Å². The largest absolute Gasteiger partial charge is 0.487 e. The summed E-state index contributed by atoms with van der Waals surface area (Å²) in [5.74, 6) is 0.436. The molecule has 4 nitrogen and oxygen atoms in total. The molecule has 3 aromatic rings. The van der Waals surface area contributed by atoms with E-state index in [1.807, 2.05) is 60.7 Å². The number of nitrogens with one attached hydrogen (secondary N) is 1. The molecule has 0 aromatic heterocycles. The second-order valence-corrected chi connectivity index (χ2v) is 10.5. The highest BCUT2D eigenvalue weighted by Crippen LogP contribution is 2.30. The number of ether oxygens (including phenoxy) is 1. The van der Waals surface area contributed by atoms with Crippen molar-refractivity contribution >= 4 is 73.1 Å². The first-order chi connectivity index (χ1) is 16.0. The average Bonchev–Trinajstić information content (AvgIpc) is 2.81. The molecule has 0 unspecified atom stereocenters. The summed E-state index contributed by atoms with van der Waals surface area (Å²) in [4.78, 5) is 12.5. The molecule has 168 valence electrons. The summed E-state index contributed by atoms with van der Waals surface area (Å²) in [7, 11) is 0. The van der Waals surface area contributed by atoms with Gasteiger partial charge in [-0.15, -0.1) is 0 Å². The molecule has 3 aromatic carbocycles. The van der Waals surface area contributed by atoms with Crippen molar-refractivity contribution in [2.75, 3.05) is 6.54 Å².